The van der Waals surface area contributed by atoms with Crippen molar-refractivity contribution in [1.29, 1.82) is 0 Å². The van der Waals surface area contributed by atoms with Gasteiger partial charge in [-0.25, -0.2) is 4.98 Å². The number of rotatable bonds is 10. The highest BCUT2D eigenvalue weighted by molar-refractivity contribution is 9.10. The molecule has 0 aliphatic carbocycles. The molecule has 1 aliphatic rings. The largest absolute Gasteiger partial charge is 0.490 e. The van der Waals surface area contributed by atoms with Gasteiger partial charge in [-0.3, -0.25) is 4.79 Å². The van der Waals surface area contributed by atoms with Crippen LogP contribution in [-0.4, -0.2) is 29.3 Å². The SMILES string of the molecule is C=CCc1cc(C=Nn2c(CC)nc3ccc(Br)cc3c2=O)cc(OCC)c1OCc1ccc2c(c1)OCO2. The number of nitrogens with zero attached hydrogens (tertiary/aromatic N) is 3. The second-order valence-corrected chi connectivity index (χ2v) is 9.73. The number of aryl methyl sites for hydroxylation is 1. The molecule has 39 heavy (non-hydrogen) atoms. The zero-order valence-electron chi connectivity index (χ0n) is 21.8. The summed E-state index contributed by atoms with van der Waals surface area (Å²) in [6.45, 7) is 8.77. The van der Waals surface area contributed by atoms with Crippen molar-refractivity contribution >= 4 is 33.0 Å². The second-order valence-electron chi connectivity index (χ2n) is 8.81. The van der Waals surface area contributed by atoms with Crippen LogP contribution in [0.1, 0.15) is 36.4 Å². The smallest absolute Gasteiger partial charge is 0.282 e. The van der Waals surface area contributed by atoms with E-state index < -0.39 is 0 Å². The molecule has 0 spiro atoms. The standard InChI is InChI=1S/C30H28BrN3O5/c1-4-7-21-12-20(16-32-34-28(5-2)33-24-10-9-22(31)15-23(24)30(34)35)14-27(36-6-3)29(21)37-17-19-8-11-25-26(13-19)39-18-38-25/h4,8-16H,1,5-7,17-18H2,2-3H3. The predicted octanol–water partition coefficient (Wildman–Crippen LogP) is 6.04. The fourth-order valence-electron chi connectivity index (χ4n) is 4.35. The van der Waals surface area contributed by atoms with Crippen molar-refractivity contribution in [2.75, 3.05) is 13.4 Å². The first kappa shape index (κ1) is 26.5. The van der Waals surface area contributed by atoms with Crippen LogP contribution in [-0.2, 0) is 19.4 Å². The third kappa shape index (κ3) is 5.68. The maximum atomic E-state index is 13.3. The topological polar surface area (TPSA) is 84.2 Å². The van der Waals surface area contributed by atoms with E-state index in [9.17, 15) is 4.79 Å². The number of hydrogen-bond acceptors (Lipinski definition) is 7. The summed E-state index contributed by atoms with van der Waals surface area (Å²) in [6, 6.07) is 15.0. The molecule has 2 heterocycles. The third-order valence-electron chi connectivity index (χ3n) is 6.15. The van der Waals surface area contributed by atoms with Gasteiger partial charge in [-0.05, 0) is 66.9 Å². The highest BCUT2D eigenvalue weighted by Crippen LogP contribution is 2.36. The second kappa shape index (κ2) is 11.7. The Bertz CT molecular complexity index is 1630. The molecule has 0 saturated carbocycles. The van der Waals surface area contributed by atoms with Crippen molar-refractivity contribution in [3.8, 4) is 23.0 Å². The summed E-state index contributed by atoms with van der Waals surface area (Å²) in [5.74, 6) is 3.23. The minimum absolute atomic E-state index is 0.222. The normalized spacial score (nSPS) is 12.3. The van der Waals surface area contributed by atoms with Crippen LogP contribution in [0, 0.1) is 0 Å². The Morgan fingerprint density at radius 3 is 2.74 bits per heavy atom. The van der Waals surface area contributed by atoms with Crippen LogP contribution in [0.5, 0.6) is 23.0 Å². The molecule has 4 aromatic rings. The summed E-state index contributed by atoms with van der Waals surface area (Å²) in [7, 11) is 0. The lowest BCUT2D eigenvalue weighted by Crippen LogP contribution is -2.22. The number of aromatic nitrogens is 2. The van der Waals surface area contributed by atoms with E-state index in [1.165, 1.54) is 4.68 Å². The van der Waals surface area contributed by atoms with Gasteiger partial charge in [0.15, 0.2) is 23.0 Å². The minimum atomic E-state index is -0.227. The zero-order chi connectivity index (χ0) is 27.4. The minimum Gasteiger partial charge on any atom is -0.490 e. The van der Waals surface area contributed by atoms with E-state index in [1.54, 1.807) is 12.3 Å². The maximum absolute atomic E-state index is 13.3. The number of ether oxygens (including phenoxy) is 4. The van der Waals surface area contributed by atoms with Crippen LogP contribution in [0.25, 0.3) is 10.9 Å². The lowest BCUT2D eigenvalue weighted by Gasteiger charge is -2.17. The molecule has 0 N–H and O–H groups in total. The van der Waals surface area contributed by atoms with E-state index in [1.807, 2.05) is 62.4 Å². The first-order valence-electron chi connectivity index (χ1n) is 12.7. The summed E-state index contributed by atoms with van der Waals surface area (Å²) < 4.78 is 25.3. The number of hydrogen-bond donors (Lipinski definition) is 0. The van der Waals surface area contributed by atoms with Crippen LogP contribution in [0.2, 0.25) is 0 Å². The molecular formula is C30H28BrN3O5. The van der Waals surface area contributed by atoms with Gasteiger partial charge in [0.25, 0.3) is 5.56 Å². The lowest BCUT2D eigenvalue weighted by atomic mass is 10.1. The fraction of sp³-hybridized carbons (Fsp3) is 0.233. The molecule has 0 unspecified atom stereocenters. The summed E-state index contributed by atoms with van der Waals surface area (Å²) >= 11 is 3.44. The van der Waals surface area contributed by atoms with Crippen LogP contribution in [0.4, 0.5) is 0 Å². The Morgan fingerprint density at radius 1 is 1.10 bits per heavy atom. The van der Waals surface area contributed by atoms with Gasteiger partial charge in [0.2, 0.25) is 6.79 Å². The molecule has 5 rings (SSSR count). The Kier molecular flexibility index (Phi) is 7.97. The van der Waals surface area contributed by atoms with Gasteiger partial charge in [0, 0.05) is 16.5 Å². The average molecular weight is 590 g/mol. The molecule has 200 valence electrons. The molecule has 0 atom stereocenters. The van der Waals surface area contributed by atoms with Gasteiger partial charge in [0.05, 0.1) is 23.7 Å². The number of halogens is 1. The third-order valence-corrected chi connectivity index (χ3v) is 6.65. The highest BCUT2D eigenvalue weighted by Gasteiger charge is 2.17. The zero-order valence-corrected chi connectivity index (χ0v) is 23.4. The van der Waals surface area contributed by atoms with Crippen molar-refractivity contribution in [3.63, 3.8) is 0 Å². The molecule has 0 radical (unpaired) electrons. The summed E-state index contributed by atoms with van der Waals surface area (Å²) in [4.78, 5) is 17.9. The molecule has 1 aromatic heterocycles. The fourth-order valence-corrected chi connectivity index (χ4v) is 4.71. The van der Waals surface area contributed by atoms with Gasteiger partial charge < -0.3 is 18.9 Å². The van der Waals surface area contributed by atoms with E-state index >= 15 is 0 Å². The van der Waals surface area contributed by atoms with E-state index in [4.69, 9.17) is 18.9 Å². The quantitative estimate of drug-likeness (QED) is 0.166. The van der Waals surface area contributed by atoms with Crippen LogP contribution < -0.4 is 24.5 Å². The maximum Gasteiger partial charge on any atom is 0.282 e. The van der Waals surface area contributed by atoms with Crippen molar-refractivity contribution < 1.29 is 18.9 Å². The predicted molar refractivity (Wildman–Crippen MR) is 154 cm³/mol. The van der Waals surface area contributed by atoms with Crippen molar-refractivity contribution in [2.45, 2.75) is 33.3 Å². The molecule has 1 aliphatic heterocycles. The molecule has 0 fully saturated rings. The van der Waals surface area contributed by atoms with Gasteiger partial charge in [0.1, 0.15) is 12.4 Å². The lowest BCUT2D eigenvalue weighted by molar-refractivity contribution is 0.174. The van der Waals surface area contributed by atoms with Gasteiger partial charge in [-0.1, -0.05) is 35.0 Å². The Labute approximate surface area is 234 Å². The summed E-state index contributed by atoms with van der Waals surface area (Å²) in [5, 5.41) is 5.03. The molecule has 8 nitrogen and oxygen atoms in total. The van der Waals surface area contributed by atoms with Crippen molar-refractivity contribution in [1.82, 2.24) is 9.66 Å². The Morgan fingerprint density at radius 2 is 1.95 bits per heavy atom. The van der Waals surface area contributed by atoms with Crippen LogP contribution in [0.15, 0.2) is 75.6 Å². The first-order chi connectivity index (χ1) is 19.0. The highest BCUT2D eigenvalue weighted by atomic mass is 79.9. The molecular weight excluding hydrogens is 562 g/mol. The molecule has 3 aromatic carbocycles. The molecule has 9 heteroatoms. The Balaban J connectivity index is 1.49. The van der Waals surface area contributed by atoms with Gasteiger partial charge >= 0.3 is 0 Å². The monoisotopic (exact) mass is 589 g/mol. The Hall–Kier alpha value is -4.11. The average Bonchev–Trinajstić information content (AvgIpc) is 3.40. The van der Waals surface area contributed by atoms with E-state index in [0.29, 0.717) is 60.0 Å². The van der Waals surface area contributed by atoms with Gasteiger partial charge in [-0.15, -0.1) is 6.58 Å². The summed E-state index contributed by atoms with van der Waals surface area (Å²) in [5.41, 5.74) is 3.01. The summed E-state index contributed by atoms with van der Waals surface area (Å²) in [6.07, 6.45) is 4.56. The first-order valence-corrected chi connectivity index (χ1v) is 13.5. The van der Waals surface area contributed by atoms with Crippen molar-refractivity contribution in [3.05, 3.63) is 98.5 Å². The van der Waals surface area contributed by atoms with Crippen molar-refractivity contribution in [2.24, 2.45) is 5.10 Å². The van der Waals surface area contributed by atoms with Crippen LogP contribution >= 0.6 is 15.9 Å². The molecule has 0 amide bonds. The van der Waals surface area contributed by atoms with E-state index in [0.717, 1.165) is 26.9 Å². The molecule has 0 bridgehead atoms. The van der Waals surface area contributed by atoms with E-state index in [-0.39, 0.29) is 12.4 Å². The number of fused-ring (bicyclic) bond motifs is 2. The van der Waals surface area contributed by atoms with E-state index in [2.05, 4.69) is 32.6 Å². The van der Waals surface area contributed by atoms with Gasteiger partial charge in [-0.2, -0.15) is 9.78 Å². The number of allylic oxidation sites excluding steroid dienone is 1. The van der Waals surface area contributed by atoms with Crippen LogP contribution in [0.3, 0.4) is 0 Å². The number of benzene rings is 3. The molecule has 0 saturated heterocycles.